The maximum absolute atomic E-state index is 13.0. The van der Waals surface area contributed by atoms with E-state index in [2.05, 4.69) is 0 Å². The molecule has 2 aromatic carbocycles. The van der Waals surface area contributed by atoms with Crippen LogP contribution in [0.4, 0.5) is 0 Å². The van der Waals surface area contributed by atoms with Gasteiger partial charge in [-0.15, -0.1) is 0 Å². The molecule has 1 N–H and O–H groups in total. The summed E-state index contributed by atoms with van der Waals surface area (Å²) in [6.07, 6.45) is 1.24. The van der Waals surface area contributed by atoms with Crippen molar-refractivity contribution in [2.45, 2.75) is 0 Å². The Labute approximate surface area is 151 Å². The predicted molar refractivity (Wildman–Crippen MR) is 100 cm³/mol. The van der Waals surface area contributed by atoms with Gasteiger partial charge >= 0.3 is 0 Å². The van der Waals surface area contributed by atoms with E-state index in [0.29, 0.717) is 11.3 Å². The smallest absolute Gasteiger partial charge is 0.203 e. The molecule has 4 heteroatoms. The largest absolute Gasteiger partial charge is 0.392 e. The van der Waals surface area contributed by atoms with Crippen LogP contribution in [-0.2, 0) is 7.05 Å². The third kappa shape index (κ3) is 2.35. The molecule has 0 bridgehead atoms. The minimum Gasteiger partial charge on any atom is -0.392 e. The number of ketones is 2. The summed E-state index contributed by atoms with van der Waals surface area (Å²) in [6.45, 7) is -0.451. The molecule has 128 valence electrons. The Morgan fingerprint density at radius 3 is 1.96 bits per heavy atom. The van der Waals surface area contributed by atoms with Crippen molar-refractivity contribution in [2.75, 3.05) is 6.61 Å². The number of hydrogen-bond acceptors (Lipinski definition) is 3. The minimum atomic E-state index is -0.451. The van der Waals surface area contributed by atoms with Crippen LogP contribution in [0.2, 0.25) is 0 Å². The highest BCUT2D eigenvalue weighted by molar-refractivity contribution is 6.28. The van der Waals surface area contributed by atoms with E-state index in [-0.39, 0.29) is 17.1 Å². The fourth-order valence-corrected chi connectivity index (χ4v) is 3.58. The Kier molecular flexibility index (Phi) is 3.90. The van der Waals surface area contributed by atoms with Crippen molar-refractivity contribution in [3.63, 3.8) is 0 Å². The molecule has 0 radical (unpaired) electrons. The van der Waals surface area contributed by atoms with Gasteiger partial charge in [0.25, 0.3) is 0 Å². The summed E-state index contributed by atoms with van der Waals surface area (Å²) >= 11 is 0. The van der Waals surface area contributed by atoms with Crippen LogP contribution in [-0.4, -0.2) is 27.8 Å². The van der Waals surface area contributed by atoms with E-state index >= 15 is 0 Å². The lowest BCUT2D eigenvalue weighted by molar-refractivity contribution is 0.0969. The first-order chi connectivity index (χ1) is 12.6. The van der Waals surface area contributed by atoms with Crippen LogP contribution in [0.3, 0.4) is 0 Å². The Hall–Kier alpha value is -3.24. The first-order valence-corrected chi connectivity index (χ1v) is 8.37. The molecular weight excluding hydrogens is 326 g/mol. The summed E-state index contributed by atoms with van der Waals surface area (Å²) in [4.78, 5) is 25.7. The number of nitrogens with zero attached hydrogens (tertiary/aromatic N) is 1. The lowest BCUT2D eigenvalue weighted by atomic mass is 9.88. The molecule has 1 aliphatic rings. The second-order valence-corrected chi connectivity index (χ2v) is 6.26. The molecule has 4 nitrogen and oxygen atoms in total. The number of benzene rings is 2. The highest BCUT2D eigenvalue weighted by Crippen LogP contribution is 2.41. The Bertz CT molecular complexity index is 1040. The van der Waals surface area contributed by atoms with Gasteiger partial charge in [0, 0.05) is 18.2 Å². The van der Waals surface area contributed by atoms with Crippen molar-refractivity contribution in [1.29, 1.82) is 0 Å². The number of carbonyl (C=O) groups excluding carboxylic acids is 2. The number of aliphatic hydroxyl groups is 1. The normalized spacial score (nSPS) is 13.5. The highest BCUT2D eigenvalue weighted by atomic mass is 16.3. The van der Waals surface area contributed by atoms with Crippen molar-refractivity contribution >= 4 is 11.6 Å². The van der Waals surface area contributed by atoms with Gasteiger partial charge in [-0.3, -0.25) is 9.59 Å². The van der Waals surface area contributed by atoms with Gasteiger partial charge in [-0.1, -0.05) is 60.7 Å². The lowest BCUT2D eigenvalue weighted by Gasteiger charge is -2.12. The van der Waals surface area contributed by atoms with E-state index < -0.39 is 6.61 Å². The molecule has 0 atom stereocenters. The number of allylic oxidation sites excluding steroid dienone is 1. The van der Waals surface area contributed by atoms with E-state index in [1.54, 1.807) is 11.6 Å². The fraction of sp³-hybridized carbons (Fsp3) is 0.0909. The molecule has 0 aliphatic heterocycles. The second-order valence-electron chi connectivity index (χ2n) is 6.26. The van der Waals surface area contributed by atoms with Crippen molar-refractivity contribution in [3.05, 3.63) is 83.6 Å². The van der Waals surface area contributed by atoms with Crippen molar-refractivity contribution < 1.29 is 14.7 Å². The van der Waals surface area contributed by atoms with E-state index in [4.69, 9.17) is 0 Å². The Morgan fingerprint density at radius 2 is 1.38 bits per heavy atom. The van der Waals surface area contributed by atoms with E-state index in [0.717, 1.165) is 22.4 Å². The second kappa shape index (κ2) is 6.24. The van der Waals surface area contributed by atoms with Gasteiger partial charge in [0.1, 0.15) is 5.69 Å². The maximum atomic E-state index is 13.0. The number of hydrogen-bond donors (Lipinski definition) is 1. The fourth-order valence-electron chi connectivity index (χ4n) is 3.58. The Morgan fingerprint density at radius 1 is 0.808 bits per heavy atom. The molecule has 0 spiro atoms. The van der Waals surface area contributed by atoms with Crippen LogP contribution in [0.5, 0.6) is 0 Å². The molecule has 0 saturated heterocycles. The molecule has 0 saturated carbocycles. The summed E-state index contributed by atoms with van der Waals surface area (Å²) in [5, 5.41) is 9.51. The maximum Gasteiger partial charge on any atom is 0.203 e. The molecule has 0 fully saturated rings. The molecule has 1 heterocycles. The zero-order chi connectivity index (χ0) is 18.3. The van der Waals surface area contributed by atoms with Crippen LogP contribution in [0.25, 0.3) is 22.4 Å². The number of carbonyl (C=O) groups is 2. The molecule has 3 aromatic rings. The van der Waals surface area contributed by atoms with E-state index in [1.165, 1.54) is 6.08 Å². The van der Waals surface area contributed by atoms with Gasteiger partial charge in [-0.05, 0) is 17.2 Å². The van der Waals surface area contributed by atoms with Gasteiger partial charge in [-0.2, -0.15) is 0 Å². The van der Waals surface area contributed by atoms with E-state index in [1.807, 2.05) is 60.7 Å². The van der Waals surface area contributed by atoms with Crippen LogP contribution >= 0.6 is 0 Å². The SMILES string of the molecule is Cn1c2c(c(-c3ccccc3)c1-c1ccccc1)C(=O)C(CO)=CC2=O. The van der Waals surface area contributed by atoms with Gasteiger partial charge in [0.05, 0.1) is 17.9 Å². The minimum absolute atomic E-state index is 0.130. The summed E-state index contributed by atoms with van der Waals surface area (Å²) in [7, 11) is 1.80. The first-order valence-electron chi connectivity index (χ1n) is 8.37. The summed E-state index contributed by atoms with van der Waals surface area (Å²) < 4.78 is 1.79. The molecule has 4 rings (SSSR count). The quantitative estimate of drug-likeness (QED) is 0.789. The van der Waals surface area contributed by atoms with Crippen molar-refractivity contribution in [3.8, 4) is 22.4 Å². The van der Waals surface area contributed by atoms with Gasteiger partial charge in [-0.25, -0.2) is 0 Å². The van der Waals surface area contributed by atoms with E-state index in [9.17, 15) is 14.7 Å². The lowest BCUT2D eigenvalue weighted by Crippen LogP contribution is -2.20. The van der Waals surface area contributed by atoms with Crippen molar-refractivity contribution in [2.24, 2.45) is 7.05 Å². The number of aliphatic hydroxyl groups excluding tert-OH is 1. The Balaban J connectivity index is 2.11. The van der Waals surface area contributed by atoms with Crippen LogP contribution < -0.4 is 0 Å². The first kappa shape index (κ1) is 16.2. The molecule has 1 aromatic heterocycles. The summed E-state index contributed by atoms with van der Waals surface area (Å²) in [5.74, 6) is -0.552. The van der Waals surface area contributed by atoms with Gasteiger partial charge in [0.15, 0.2) is 5.78 Å². The molecule has 1 aliphatic carbocycles. The number of aromatic nitrogens is 1. The summed E-state index contributed by atoms with van der Waals surface area (Å²) in [5.41, 5.74) is 4.20. The topological polar surface area (TPSA) is 59.3 Å². The predicted octanol–water partition coefficient (Wildman–Crippen LogP) is 3.66. The standard InChI is InChI=1S/C22H17NO3/c1-23-20(15-10-6-3-7-11-15)18(14-8-4-2-5-9-14)19-21(23)17(25)12-16(13-24)22(19)26/h2-12,24H,13H2,1H3. The average Bonchev–Trinajstić information content (AvgIpc) is 3.00. The molecular formula is C22H17NO3. The zero-order valence-corrected chi connectivity index (χ0v) is 14.3. The number of rotatable bonds is 3. The van der Waals surface area contributed by atoms with Gasteiger partial charge < -0.3 is 9.67 Å². The number of Topliss-reactive ketones (excluding diaryl/α,β-unsaturated/α-hetero) is 1. The number of fused-ring (bicyclic) bond motifs is 1. The van der Waals surface area contributed by atoms with Gasteiger partial charge in [0.2, 0.25) is 5.78 Å². The van der Waals surface area contributed by atoms with Crippen LogP contribution in [0.1, 0.15) is 20.8 Å². The van der Waals surface area contributed by atoms with Crippen LogP contribution in [0, 0.1) is 0 Å². The average molecular weight is 343 g/mol. The summed E-state index contributed by atoms with van der Waals surface area (Å²) in [6, 6.07) is 19.3. The highest BCUT2D eigenvalue weighted by Gasteiger charge is 2.34. The molecule has 0 unspecified atom stereocenters. The molecule has 26 heavy (non-hydrogen) atoms. The molecule has 0 amide bonds. The third-order valence-corrected chi connectivity index (χ3v) is 4.73. The van der Waals surface area contributed by atoms with Crippen molar-refractivity contribution in [1.82, 2.24) is 4.57 Å². The van der Waals surface area contributed by atoms with Crippen LogP contribution in [0.15, 0.2) is 72.3 Å². The zero-order valence-electron chi connectivity index (χ0n) is 14.3. The monoisotopic (exact) mass is 343 g/mol. The third-order valence-electron chi connectivity index (χ3n) is 4.73.